The number of piperazine rings is 1. The number of pyridine rings is 1. The van der Waals surface area contributed by atoms with Crippen LogP contribution in [0.3, 0.4) is 0 Å². The second-order valence-electron chi connectivity index (χ2n) is 6.94. The van der Waals surface area contributed by atoms with Gasteiger partial charge in [-0.3, -0.25) is 4.79 Å². The van der Waals surface area contributed by atoms with E-state index in [2.05, 4.69) is 27.8 Å². The molecule has 1 saturated heterocycles. The maximum atomic E-state index is 12.4. The van der Waals surface area contributed by atoms with Crippen LogP contribution in [0.2, 0.25) is 5.02 Å². The summed E-state index contributed by atoms with van der Waals surface area (Å²) in [6, 6.07) is 11.8. The quantitative estimate of drug-likeness (QED) is 0.754. The lowest BCUT2D eigenvalue weighted by Gasteiger charge is -2.36. The zero-order valence-electron chi connectivity index (χ0n) is 16.1. The predicted octanol–water partition coefficient (Wildman–Crippen LogP) is 3.93. The monoisotopic (exact) mass is 386 g/mol. The number of carbonyl (C=O) groups excluding carboxylic acids is 1. The molecule has 0 atom stereocenters. The molecule has 1 fully saturated rings. The zero-order valence-corrected chi connectivity index (χ0v) is 16.8. The fraction of sp³-hybridized carbons (Fsp3) is 0.429. The van der Waals surface area contributed by atoms with Crippen LogP contribution in [0.25, 0.3) is 0 Å². The largest absolute Gasteiger partial charge is 0.368 e. The van der Waals surface area contributed by atoms with Crippen molar-refractivity contribution in [1.82, 2.24) is 9.88 Å². The number of amides is 1. The minimum atomic E-state index is 0.0354. The van der Waals surface area contributed by atoms with E-state index < -0.39 is 0 Å². The van der Waals surface area contributed by atoms with Gasteiger partial charge in [-0.25, -0.2) is 4.98 Å². The average molecular weight is 387 g/mol. The standard InChI is InChI=1S/C21H27ClN4O/c1-3-4-10-24(2)21(27)17-8-9-20(23-16-17)26-13-11-25(12-14-26)19-7-5-6-18(22)15-19/h5-9,15-16H,3-4,10-14H2,1-2H3. The number of benzene rings is 1. The van der Waals surface area contributed by atoms with Crippen LogP contribution < -0.4 is 9.80 Å². The average Bonchev–Trinajstić information content (AvgIpc) is 2.71. The van der Waals surface area contributed by atoms with Crippen LogP contribution in [0.5, 0.6) is 0 Å². The van der Waals surface area contributed by atoms with Crippen LogP contribution in [0.15, 0.2) is 42.6 Å². The first kappa shape index (κ1) is 19.5. The highest BCUT2D eigenvalue weighted by Gasteiger charge is 2.19. The molecule has 0 radical (unpaired) electrons. The van der Waals surface area contributed by atoms with Crippen LogP contribution in [0.4, 0.5) is 11.5 Å². The Bertz CT molecular complexity index is 757. The number of aromatic nitrogens is 1. The third-order valence-corrected chi connectivity index (χ3v) is 5.20. The van der Waals surface area contributed by atoms with Crippen LogP contribution in [0.1, 0.15) is 30.1 Å². The van der Waals surface area contributed by atoms with Crippen LogP contribution in [0, 0.1) is 0 Å². The van der Waals surface area contributed by atoms with Gasteiger partial charge >= 0.3 is 0 Å². The van der Waals surface area contributed by atoms with Crippen molar-refractivity contribution in [2.75, 3.05) is 49.6 Å². The Morgan fingerprint density at radius 3 is 2.52 bits per heavy atom. The van der Waals surface area contributed by atoms with Crippen LogP contribution >= 0.6 is 11.6 Å². The number of nitrogens with zero attached hydrogens (tertiary/aromatic N) is 4. The predicted molar refractivity (Wildman–Crippen MR) is 112 cm³/mol. The van der Waals surface area contributed by atoms with Crippen molar-refractivity contribution in [2.45, 2.75) is 19.8 Å². The highest BCUT2D eigenvalue weighted by molar-refractivity contribution is 6.30. The third kappa shape index (κ3) is 4.92. The maximum absolute atomic E-state index is 12.4. The van der Waals surface area contributed by atoms with Gasteiger partial charge in [0.1, 0.15) is 5.82 Å². The summed E-state index contributed by atoms with van der Waals surface area (Å²) in [6.07, 6.45) is 3.80. The summed E-state index contributed by atoms with van der Waals surface area (Å²) in [7, 11) is 1.85. The van der Waals surface area contributed by atoms with E-state index in [4.69, 9.17) is 11.6 Å². The van der Waals surface area contributed by atoms with Gasteiger partial charge in [0, 0.05) is 56.7 Å². The Morgan fingerprint density at radius 2 is 1.89 bits per heavy atom. The van der Waals surface area contributed by atoms with Gasteiger partial charge in [-0.05, 0) is 36.8 Å². The van der Waals surface area contributed by atoms with Crippen LogP contribution in [-0.4, -0.2) is 55.6 Å². The molecule has 5 nitrogen and oxygen atoms in total. The number of hydrogen-bond acceptors (Lipinski definition) is 4. The second kappa shape index (κ2) is 9.09. The minimum absolute atomic E-state index is 0.0354. The molecule has 0 aliphatic carbocycles. The van der Waals surface area contributed by atoms with Crippen LogP contribution in [-0.2, 0) is 0 Å². The summed E-state index contributed by atoms with van der Waals surface area (Å²) in [5.41, 5.74) is 1.81. The Morgan fingerprint density at radius 1 is 1.15 bits per heavy atom. The van der Waals surface area contributed by atoms with Crippen molar-refractivity contribution in [1.29, 1.82) is 0 Å². The SMILES string of the molecule is CCCCN(C)C(=O)c1ccc(N2CCN(c3cccc(Cl)c3)CC2)nc1. The molecule has 1 aromatic carbocycles. The normalized spacial score (nSPS) is 14.3. The molecule has 3 rings (SSSR count). The van der Waals surface area contributed by atoms with E-state index in [1.807, 2.05) is 37.4 Å². The van der Waals surface area contributed by atoms with Crippen molar-refractivity contribution < 1.29 is 4.79 Å². The Hall–Kier alpha value is -2.27. The fourth-order valence-corrected chi connectivity index (χ4v) is 3.47. The lowest BCUT2D eigenvalue weighted by Crippen LogP contribution is -2.46. The first-order valence-corrected chi connectivity index (χ1v) is 9.93. The van der Waals surface area contributed by atoms with Gasteiger partial charge < -0.3 is 14.7 Å². The number of halogens is 1. The molecule has 1 aliphatic rings. The molecule has 0 unspecified atom stereocenters. The van der Waals surface area contributed by atoms with E-state index >= 15 is 0 Å². The summed E-state index contributed by atoms with van der Waals surface area (Å²) in [6.45, 7) is 6.53. The second-order valence-corrected chi connectivity index (χ2v) is 7.38. The smallest absolute Gasteiger partial charge is 0.255 e. The molecular formula is C21H27ClN4O. The molecule has 144 valence electrons. The van der Waals surface area contributed by atoms with Gasteiger partial charge in [-0.2, -0.15) is 0 Å². The van der Waals surface area contributed by atoms with E-state index in [9.17, 15) is 4.79 Å². The molecule has 0 spiro atoms. The molecule has 0 bridgehead atoms. The lowest BCUT2D eigenvalue weighted by molar-refractivity contribution is 0.0793. The Balaban J connectivity index is 1.58. The fourth-order valence-electron chi connectivity index (χ4n) is 3.28. The molecule has 27 heavy (non-hydrogen) atoms. The molecule has 1 aromatic heterocycles. The van der Waals surface area contributed by atoms with Gasteiger partial charge in [-0.15, -0.1) is 0 Å². The van der Waals surface area contributed by atoms with Gasteiger partial charge in [-0.1, -0.05) is 31.0 Å². The minimum Gasteiger partial charge on any atom is -0.368 e. The molecule has 2 aromatic rings. The first-order chi connectivity index (χ1) is 13.1. The Kier molecular flexibility index (Phi) is 6.56. The topological polar surface area (TPSA) is 39.7 Å². The summed E-state index contributed by atoms with van der Waals surface area (Å²) >= 11 is 6.10. The Labute approximate surface area is 166 Å². The molecule has 6 heteroatoms. The van der Waals surface area contributed by atoms with Crippen molar-refractivity contribution >= 4 is 29.0 Å². The van der Waals surface area contributed by atoms with E-state index in [1.165, 1.54) is 0 Å². The maximum Gasteiger partial charge on any atom is 0.255 e. The van der Waals surface area contributed by atoms with E-state index in [1.54, 1.807) is 11.1 Å². The molecule has 1 aliphatic heterocycles. The van der Waals surface area contributed by atoms with Crippen molar-refractivity contribution in [3.8, 4) is 0 Å². The van der Waals surface area contributed by atoms with Gasteiger partial charge in [0.2, 0.25) is 0 Å². The molecule has 1 amide bonds. The van der Waals surface area contributed by atoms with Crippen molar-refractivity contribution in [2.24, 2.45) is 0 Å². The third-order valence-electron chi connectivity index (χ3n) is 4.97. The first-order valence-electron chi connectivity index (χ1n) is 9.55. The lowest BCUT2D eigenvalue weighted by atomic mass is 10.2. The number of carbonyl (C=O) groups is 1. The van der Waals surface area contributed by atoms with E-state index in [0.717, 1.165) is 62.1 Å². The van der Waals surface area contributed by atoms with Crippen molar-refractivity contribution in [3.05, 3.63) is 53.2 Å². The number of hydrogen-bond donors (Lipinski definition) is 0. The van der Waals surface area contributed by atoms with Crippen molar-refractivity contribution in [3.63, 3.8) is 0 Å². The van der Waals surface area contributed by atoms with E-state index in [-0.39, 0.29) is 5.91 Å². The number of unbranched alkanes of at least 4 members (excludes halogenated alkanes) is 1. The summed E-state index contributed by atoms with van der Waals surface area (Å²) in [4.78, 5) is 23.3. The number of rotatable bonds is 6. The van der Waals surface area contributed by atoms with Gasteiger partial charge in [0.25, 0.3) is 5.91 Å². The highest BCUT2D eigenvalue weighted by atomic mass is 35.5. The zero-order chi connectivity index (χ0) is 19.2. The van der Waals surface area contributed by atoms with Gasteiger partial charge in [0.05, 0.1) is 5.56 Å². The molecular weight excluding hydrogens is 360 g/mol. The summed E-state index contributed by atoms with van der Waals surface area (Å²) < 4.78 is 0. The summed E-state index contributed by atoms with van der Waals surface area (Å²) in [5.74, 6) is 0.960. The number of anilines is 2. The molecule has 2 heterocycles. The molecule has 0 N–H and O–H groups in total. The highest BCUT2D eigenvalue weighted by Crippen LogP contribution is 2.22. The van der Waals surface area contributed by atoms with Gasteiger partial charge in [0.15, 0.2) is 0 Å². The van der Waals surface area contributed by atoms with E-state index in [0.29, 0.717) is 5.56 Å². The molecule has 0 saturated carbocycles. The summed E-state index contributed by atoms with van der Waals surface area (Å²) in [5, 5.41) is 0.765.